The van der Waals surface area contributed by atoms with Gasteiger partial charge in [0.15, 0.2) is 0 Å². The van der Waals surface area contributed by atoms with Crippen LogP contribution in [0.25, 0.3) is 11.0 Å². The first-order chi connectivity index (χ1) is 9.54. The van der Waals surface area contributed by atoms with E-state index < -0.39 is 0 Å². The summed E-state index contributed by atoms with van der Waals surface area (Å²) >= 11 is 5.99. The summed E-state index contributed by atoms with van der Waals surface area (Å²) < 4.78 is 7.78. The van der Waals surface area contributed by atoms with E-state index in [4.69, 9.17) is 16.3 Å². The van der Waals surface area contributed by atoms with Gasteiger partial charge in [0, 0.05) is 32.0 Å². The predicted octanol–water partition coefficient (Wildman–Crippen LogP) is 1.53. The Hall–Kier alpha value is -1.82. The van der Waals surface area contributed by atoms with Crippen molar-refractivity contribution in [1.29, 1.82) is 0 Å². The molecule has 1 fully saturated rings. The number of carbonyl (C=O) groups excluding carboxylic acids is 1. The summed E-state index contributed by atoms with van der Waals surface area (Å²) in [6, 6.07) is 1.70. The molecule has 1 aliphatic rings. The molecule has 0 aromatic carbocycles. The molecule has 0 aliphatic carbocycles. The van der Waals surface area contributed by atoms with E-state index in [-0.39, 0.29) is 17.9 Å². The predicted molar refractivity (Wildman–Crippen MR) is 74.7 cm³/mol. The molecule has 20 heavy (non-hydrogen) atoms. The average Bonchev–Trinajstić information content (AvgIpc) is 2.96. The number of ether oxygens (including phenoxy) is 1. The van der Waals surface area contributed by atoms with Gasteiger partial charge >= 0.3 is 0 Å². The number of halogens is 1. The lowest BCUT2D eigenvalue weighted by molar-refractivity contribution is -0.119. The van der Waals surface area contributed by atoms with Gasteiger partial charge in [-0.3, -0.25) is 4.79 Å². The Morgan fingerprint density at radius 3 is 3.10 bits per heavy atom. The number of carbonyl (C=O) groups is 1. The van der Waals surface area contributed by atoms with Crippen molar-refractivity contribution in [3.63, 3.8) is 0 Å². The minimum atomic E-state index is -0.127. The van der Waals surface area contributed by atoms with Crippen LogP contribution in [0.15, 0.2) is 12.4 Å². The highest BCUT2D eigenvalue weighted by Gasteiger charge is 2.28. The molecule has 1 aliphatic heterocycles. The van der Waals surface area contributed by atoms with Crippen molar-refractivity contribution in [1.82, 2.24) is 19.9 Å². The zero-order chi connectivity index (χ0) is 14.3. The number of fused-ring (bicyclic) bond motifs is 1. The molecule has 7 heteroatoms. The molecule has 6 nitrogen and oxygen atoms in total. The van der Waals surface area contributed by atoms with Gasteiger partial charge in [-0.1, -0.05) is 11.6 Å². The third-order valence-electron chi connectivity index (χ3n) is 3.60. The first-order valence-electron chi connectivity index (χ1n) is 6.45. The molecule has 2 aromatic heterocycles. The molecular formula is C13H15ClN4O2. The first kappa shape index (κ1) is 13.2. The Balaban J connectivity index is 1.90. The van der Waals surface area contributed by atoms with Crippen LogP contribution in [0.2, 0.25) is 5.15 Å². The van der Waals surface area contributed by atoms with Gasteiger partial charge in [-0.2, -0.15) is 4.98 Å². The number of rotatable bonds is 3. The molecular weight excluding hydrogens is 280 g/mol. The van der Waals surface area contributed by atoms with Gasteiger partial charge in [-0.05, 0) is 6.92 Å². The molecule has 1 amide bonds. The van der Waals surface area contributed by atoms with Gasteiger partial charge in [0.25, 0.3) is 0 Å². The number of aryl methyl sites for hydroxylation is 1. The summed E-state index contributed by atoms with van der Waals surface area (Å²) in [7, 11) is 1.88. The number of amides is 1. The lowest BCUT2D eigenvalue weighted by Gasteiger charge is -2.19. The lowest BCUT2D eigenvalue weighted by atomic mass is 10.0. The zero-order valence-electron chi connectivity index (χ0n) is 11.3. The summed E-state index contributed by atoms with van der Waals surface area (Å²) in [5, 5.41) is 3.15. The van der Waals surface area contributed by atoms with Crippen LogP contribution in [0.1, 0.15) is 13.3 Å². The SMILES string of the molecule is CC(Oc1nc(Cl)cc2ncn(C)c12)C1CNC(=O)C1. The fraction of sp³-hybridized carbons (Fsp3) is 0.462. The van der Waals surface area contributed by atoms with E-state index in [0.717, 1.165) is 11.0 Å². The van der Waals surface area contributed by atoms with Crippen LogP contribution in [0.5, 0.6) is 5.88 Å². The van der Waals surface area contributed by atoms with E-state index in [1.165, 1.54) is 0 Å². The van der Waals surface area contributed by atoms with Crippen molar-refractivity contribution in [2.45, 2.75) is 19.4 Å². The molecule has 0 bridgehead atoms. The number of hydrogen-bond donors (Lipinski definition) is 1. The molecule has 0 saturated carbocycles. The second-order valence-corrected chi connectivity index (χ2v) is 5.45. The third kappa shape index (κ3) is 2.31. The van der Waals surface area contributed by atoms with Crippen LogP contribution in [-0.4, -0.2) is 33.1 Å². The smallest absolute Gasteiger partial charge is 0.241 e. The van der Waals surface area contributed by atoms with Crippen LogP contribution in [0, 0.1) is 5.92 Å². The van der Waals surface area contributed by atoms with Crippen LogP contribution in [0.3, 0.4) is 0 Å². The van der Waals surface area contributed by atoms with E-state index in [2.05, 4.69) is 15.3 Å². The first-order valence-corrected chi connectivity index (χ1v) is 6.83. The Morgan fingerprint density at radius 2 is 2.40 bits per heavy atom. The number of hydrogen-bond acceptors (Lipinski definition) is 4. The summed E-state index contributed by atoms with van der Waals surface area (Å²) in [5.41, 5.74) is 1.55. The Kier molecular flexibility index (Phi) is 3.25. The number of imidazole rings is 1. The Bertz CT molecular complexity index is 670. The van der Waals surface area contributed by atoms with E-state index >= 15 is 0 Å². The molecule has 1 N–H and O–H groups in total. The Labute approximate surface area is 121 Å². The van der Waals surface area contributed by atoms with Gasteiger partial charge < -0.3 is 14.6 Å². The van der Waals surface area contributed by atoms with Crippen LogP contribution in [-0.2, 0) is 11.8 Å². The van der Waals surface area contributed by atoms with Crippen molar-refractivity contribution < 1.29 is 9.53 Å². The monoisotopic (exact) mass is 294 g/mol. The number of pyridine rings is 1. The molecule has 2 atom stereocenters. The van der Waals surface area contributed by atoms with Crippen molar-refractivity contribution in [3.05, 3.63) is 17.5 Å². The minimum absolute atomic E-state index is 0.0650. The topological polar surface area (TPSA) is 69.0 Å². The number of nitrogens with zero attached hydrogens (tertiary/aromatic N) is 3. The van der Waals surface area contributed by atoms with Crippen molar-refractivity contribution >= 4 is 28.5 Å². The van der Waals surface area contributed by atoms with Gasteiger partial charge in [0.05, 0.1) is 11.8 Å². The van der Waals surface area contributed by atoms with Crippen LogP contribution >= 0.6 is 11.6 Å². The summed E-state index contributed by atoms with van der Waals surface area (Å²) in [4.78, 5) is 19.8. The van der Waals surface area contributed by atoms with Crippen molar-refractivity contribution in [2.75, 3.05) is 6.54 Å². The van der Waals surface area contributed by atoms with E-state index in [0.29, 0.717) is 24.0 Å². The second kappa shape index (κ2) is 4.94. The maximum atomic E-state index is 11.3. The molecule has 3 heterocycles. The van der Waals surface area contributed by atoms with Gasteiger partial charge in [0.1, 0.15) is 16.8 Å². The summed E-state index contributed by atoms with van der Waals surface area (Å²) in [6.45, 7) is 2.57. The van der Waals surface area contributed by atoms with Crippen LogP contribution in [0.4, 0.5) is 0 Å². The number of aromatic nitrogens is 3. The van der Waals surface area contributed by atoms with E-state index in [9.17, 15) is 4.79 Å². The summed E-state index contributed by atoms with van der Waals surface area (Å²) in [5.74, 6) is 0.668. The quantitative estimate of drug-likeness (QED) is 0.872. The van der Waals surface area contributed by atoms with Crippen LogP contribution < -0.4 is 10.1 Å². The fourth-order valence-electron chi connectivity index (χ4n) is 2.42. The Morgan fingerprint density at radius 1 is 1.60 bits per heavy atom. The normalized spacial score (nSPS) is 20.1. The van der Waals surface area contributed by atoms with E-state index in [1.54, 1.807) is 12.4 Å². The molecule has 0 spiro atoms. The highest BCUT2D eigenvalue weighted by molar-refractivity contribution is 6.30. The van der Waals surface area contributed by atoms with Gasteiger partial charge in [0.2, 0.25) is 11.8 Å². The highest BCUT2D eigenvalue weighted by Crippen LogP contribution is 2.28. The number of nitrogens with one attached hydrogen (secondary N) is 1. The average molecular weight is 295 g/mol. The fourth-order valence-corrected chi connectivity index (χ4v) is 2.60. The zero-order valence-corrected chi connectivity index (χ0v) is 12.0. The molecule has 106 valence electrons. The second-order valence-electron chi connectivity index (χ2n) is 5.06. The van der Waals surface area contributed by atoms with E-state index in [1.807, 2.05) is 18.5 Å². The molecule has 0 radical (unpaired) electrons. The maximum absolute atomic E-state index is 11.3. The molecule has 2 unspecified atom stereocenters. The minimum Gasteiger partial charge on any atom is -0.473 e. The molecule has 2 aromatic rings. The molecule has 3 rings (SSSR count). The maximum Gasteiger partial charge on any atom is 0.241 e. The standard InChI is InChI=1S/C13H15ClN4O2/c1-7(8-3-11(19)15-5-8)20-13-12-9(4-10(14)17-13)16-6-18(12)2/h4,6-8H,3,5H2,1-2H3,(H,15,19). The largest absolute Gasteiger partial charge is 0.473 e. The van der Waals surface area contributed by atoms with Gasteiger partial charge in [-0.25, -0.2) is 4.98 Å². The van der Waals surface area contributed by atoms with Crippen molar-refractivity contribution in [2.24, 2.45) is 13.0 Å². The molecule has 1 saturated heterocycles. The van der Waals surface area contributed by atoms with Gasteiger partial charge in [-0.15, -0.1) is 0 Å². The van der Waals surface area contributed by atoms with Crippen molar-refractivity contribution in [3.8, 4) is 5.88 Å². The summed E-state index contributed by atoms with van der Waals surface area (Å²) in [6.07, 6.45) is 2.05. The third-order valence-corrected chi connectivity index (χ3v) is 3.80. The highest BCUT2D eigenvalue weighted by atomic mass is 35.5. The lowest BCUT2D eigenvalue weighted by Crippen LogP contribution is -2.26.